The monoisotopic (exact) mass is 283 g/mol. The number of hydrogen-bond donors (Lipinski definition) is 0. The topological polar surface area (TPSA) is 60.9 Å². The average Bonchev–Trinajstić information content (AvgIpc) is 2.40. The van der Waals surface area contributed by atoms with Crippen LogP contribution in [-0.2, 0) is 14.4 Å². The molecule has 0 radical (unpaired) electrons. The summed E-state index contributed by atoms with van der Waals surface area (Å²) in [4.78, 5) is 40.3. The van der Waals surface area contributed by atoms with Gasteiger partial charge in [0.2, 0.25) is 11.8 Å². The predicted octanol–water partition coefficient (Wildman–Crippen LogP) is -0.0219. The summed E-state index contributed by atoms with van der Waals surface area (Å²) in [6, 6.07) is 0. The summed E-state index contributed by atoms with van der Waals surface area (Å²) in [5, 5.41) is 0. The van der Waals surface area contributed by atoms with E-state index >= 15 is 0 Å². The minimum Gasteiger partial charge on any atom is -0.342 e. The summed E-state index contributed by atoms with van der Waals surface area (Å²) in [6.45, 7) is 6.75. The third-order valence-corrected chi connectivity index (χ3v) is 3.60. The maximum absolute atomic E-state index is 12.1. The fourth-order valence-electron chi connectivity index (χ4n) is 2.30. The van der Waals surface area contributed by atoms with Gasteiger partial charge in [0.25, 0.3) is 0 Å². The summed E-state index contributed by atoms with van der Waals surface area (Å²) in [6.07, 6.45) is 0.904. The van der Waals surface area contributed by atoms with E-state index in [-0.39, 0.29) is 30.7 Å². The van der Waals surface area contributed by atoms with Crippen LogP contribution in [0.25, 0.3) is 0 Å². The van der Waals surface area contributed by atoms with E-state index in [1.54, 1.807) is 21.7 Å². The normalized spacial score (nSPS) is 15.6. The summed E-state index contributed by atoms with van der Waals surface area (Å²) < 4.78 is 0. The molecular weight excluding hydrogens is 258 g/mol. The SMILES string of the molecule is CCN(CC)C(=O)CN(C)CC(=O)N1CCC(=O)CC1. The highest BCUT2D eigenvalue weighted by Gasteiger charge is 2.22. The largest absolute Gasteiger partial charge is 0.342 e. The highest BCUT2D eigenvalue weighted by Crippen LogP contribution is 2.06. The van der Waals surface area contributed by atoms with Gasteiger partial charge in [-0.25, -0.2) is 0 Å². The number of rotatable bonds is 6. The number of amides is 2. The Morgan fingerprint density at radius 1 is 1.10 bits per heavy atom. The average molecular weight is 283 g/mol. The highest BCUT2D eigenvalue weighted by atomic mass is 16.2. The number of nitrogens with zero attached hydrogens (tertiary/aromatic N) is 3. The highest BCUT2D eigenvalue weighted by molar-refractivity contribution is 5.84. The number of carbonyl (C=O) groups is 3. The molecule has 0 atom stereocenters. The first-order valence-corrected chi connectivity index (χ1v) is 7.23. The van der Waals surface area contributed by atoms with Gasteiger partial charge in [-0.05, 0) is 20.9 Å². The molecule has 0 N–H and O–H groups in total. The van der Waals surface area contributed by atoms with E-state index in [2.05, 4.69) is 0 Å². The summed E-state index contributed by atoms with van der Waals surface area (Å²) in [5.74, 6) is 0.255. The molecule has 1 aliphatic rings. The van der Waals surface area contributed by atoms with Gasteiger partial charge < -0.3 is 9.80 Å². The molecule has 6 heteroatoms. The molecule has 1 saturated heterocycles. The van der Waals surface area contributed by atoms with Crippen LogP contribution in [0.4, 0.5) is 0 Å². The zero-order chi connectivity index (χ0) is 15.1. The van der Waals surface area contributed by atoms with Crippen LogP contribution in [0.1, 0.15) is 26.7 Å². The Labute approximate surface area is 120 Å². The zero-order valence-electron chi connectivity index (χ0n) is 12.7. The molecule has 1 fully saturated rings. The van der Waals surface area contributed by atoms with Crippen LogP contribution < -0.4 is 0 Å². The predicted molar refractivity (Wildman–Crippen MR) is 76.2 cm³/mol. The molecule has 0 unspecified atom stereocenters. The second-order valence-electron chi connectivity index (χ2n) is 5.16. The van der Waals surface area contributed by atoms with Crippen molar-refractivity contribution in [1.29, 1.82) is 0 Å². The van der Waals surface area contributed by atoms with Crippen LogP contribution in [0.2, 0.25) is 0 Å². The minimum absolute atomic E-state index is 0.00709. The van der Waals surface area contributed by atoms with Gasteiger partial charge in [-0.1, -0.05) is 0 Å². The van der Waals surface area contributed by atoms with E-state index in [0.717, 1.165) is 0 Å². The third-order valence-electron chi connectivity index (χ3n) is 3.60. The number of piperidine rings is 1. The lowest BCUT2D eigenvalue weighted by Gasteiger charge is -2.28. The van der Waals surface area contributed by atoms with Crippen molar-refractivity contribution < 1.29 is 14.4 Å². The molecular formula is C14H25N3O3. The Balaban J connectivity index is 2.37. The molecule has 0 aliphatic carbocycles. The molecule has 0 aromatic heterocycles. The molecule has 0 bridgehead atoms. The Morgan fingerprint density at radius 3 is 2.15 bits per heavy atom. The molecule has 1 aliphatic heterocycles. The number of likely N-dealkylation sites (tertiary alicyclic amines) is 1. The lowest BCUT2D eigenvalue weighted by atomic mass is 10.1. The van der Waals surface area contributed by atoms with E-state index < -0.39 is 0 Å². The Hall–Kier alpha value is -1.43. The van der Waals surface area contributed by atoms with Crippen molar-refractivity contribution >= 4 is 17.6 Å². The maximum atomic E-state index is 12.1. The van der Waals surface area contributed by atoms with Crippen LogP contribution in [-0.4, -0.2) is 78.6 Å². The molecule has 20 heavy (non-hydrogen) atoms. The van der Waals surface area contributed by atoms with Crippen molar-refractivity contribution in [3.05, 3.63) is 0 Å². The van der Waals surface area contributed by atoms with Crippen LogP contribution in [0.15, 0.2) is 0 Å². The molecule has 1 rings (SSSR count). The molecule has 2 amide bonds. The first-order valence-electron chi connectivity index (χ1n) is 7.23. The van der Waals surface area contributed by atoms with Crippen molar-refractivity contribution in [2.45, 2.75) is 26.7 Å². The van der Waals surface area contributed by atoms with Crippen molar-refractivity contribution in [3.63, 3.8) is 0 Å². The van der Waals surface area contributed by atoms with Crippen molar-refractivity contribution in [2.75, 3.05) is 46.3 Å². The second-order valence-corrected chi connectivity index (χ2v) is 5.16. The zero-order valence-corrected chi connectivity index (χ0v) is 12.7. The molecule has 114 valence electrons. The van der Waals surface area contributed by atoms with E-state index in [0.29, 0.717) is 39.0 Å². The van der Waals surface area contributed by atoms with Gasteiger partial charge in [0, 0.05) is 39.0 Å². The Bertz CT molecular complexity index is 357. The van der Waals surface area contributed by atoms with Gasteiger partial charge in [0.1, 0.15) is 5.78 Å². The number of carbonyl (C=O) groups excluding carboxylic acids is 3. The minimum atomic E-state index is -0.00709. The third kappa shape index (κ3) is 4.92. The van der Waals surface area contributed by atoms with Gasteiger partial charge in [0.15, 0.2) is 0 Å². The van der Waals surface area contributed by atoms with E-state index in [1.807, 2.05) is 13.8 Å². The lowest BCUT2D eigenvalue weighted by molar-refractivity contribution is -0.136. The van der Waals surface area contributed by atoms with Crippen LogP contribution in [0.5, 0.6) is 0 Å². The molecule has 0 spiro atoms. The van der Waals surface area contributed by atoms with Crippen molar-refractivity contribution in [2.24, 2.45) is 0 Å². The van der Waals surface area contributed by atoms with Gasteiger partial charge in [-0.15, -0.1) is 0 Å². The van der Waals surface area contributed by atoms with E-state index in [4.69, 9.17) is 0 Å². The van der Waals surface area contributed by atoms with Crippen molar-refractivity contribution in [1.82, 2.24) is 14.7 Å². The number of Topliss-reactive ketones (excluding diaryl/α,β-unsaturated/α-hetero) is 1. The van der Waals surface area contributed by atoms with Gasteiger partial charge >= 0.3 is 0 Å². The molecule has 0 aromatic carbocycles. The van der Waals surface area contributed by atoms with E-state index in [9.17, 15) is 14.4 Å². The first-order chi connectivity index (χ1) is 9.47. The standard InChI is InChI=1S/C14H25N3O3/c1-4-16(5-2)13(19)10-15(3)11-14(20)17-8-6-12(18)7-9-17/h4-11H2,1-3H3. The number of ketones is 1. The molecule has 0 saturated carbocycles. The number of likely N-dealkylation sites (N-methyl/N-ethyl adjacent to an activating group) is 2. The Kier molecular flexibility index (Phi) is 6.64. The molecule has 1 heterocycles. The summed E-state index contributed by atoms with van der Waals surface area (Å²) in [7, 11) is 1.77. The van der Waals surface area contributed by atoms with Crippen LogP contribution in [0, 0.1) is 0 Å². The lowest BCUT2D eigenvalue weighted by Crippen LogP contribution is -2.46. The smallest absolute Gasteiger partial charge is 0.236 e. The van der Waals surface area contributed by atoms with Crippen LogP contribution in [0.3, 0.4) is 0 Å². The second kappa shape index (κ2) is 7.99. The molecule has 6 nitrogen and oxygen atoms in total. The Morgan fingerprint density at radius 2 is 1.65 bits per heavy atom. The summed E-state index contributed by atoms with van der Waals surface area (Å²) in [5.41, 5.74) is 0. The first kappa shape index (κ1) is 16.6. The fraction of sp³-hybridized carbons (Fsp3) is 0.786. The van der Waals surface area contributed by atoms with Crippen LogP contribution >= 0.6 is 0 Å². The van der Waals surface area contributed by atoms with Gasteiger partial charge in [-0.3, -0.25) is 19.3 Å². The summed E-state index contributed by atoms with van der Waals surface area (Å²) >= 11 is 0. The molecule has 0 aromatic rings. The number of hydrogen-bond acceptors (Lipinski definition) is 4. The maximum Gasteiger partial charge on any atom is 0.236 e. The van der Waals surface area contributed by atoms with Crippen molar-refractivity contribution in [3.8, 4) is 0 Å². The van der Waals surface area contributed by atoms with Gasteiger partial charge in [-0.2, -0.15) is 0 Å². The van der Waals surface area contributed by atoms with E-state index in [1.165, 1.54) is 0 Å². The quantitative estimate of drug-likeness (QED) is 0.687. The van der Waals surface area contributed by atoms with Gasteiger partial charge in [0.05, 0.1) is 13.1 Å². The fourth-order valence-corrected chi connectivity index (χ4v) is 2.30.